The highest BCUT2D eigenvalue weighted by Crippen LogP contribution is 2.35. The van der Waals surface area contributed by atoms with E-state index in [1.165, 1.54) is 42.5 Å². The van der Waals surface area contributed by atoms with Crippen molar-refractivity contribution in [2.75, 3.05) is 5.32 Å². The molecule has 4 aromatic rings. The summed E-state index contributed by atoms with van der Waals surface area (Å²) in [7, 11) is 0. The van der Waals surface area contributed by atoms with E-state index in [0.29, 0.717) is 0 Å². The van der Waals surface area contributed by atoms with E-state index in [1.54, 1.807) is 0 Å². The second kappa shape index (κ2) is 8.84. The Labute approximate surface area is 188 Å². The minimum absolute atomic E-state index is 0.0347. The van der Waals surface area contributed by atoms with Crippen LogP contribution in [0.1, 0.15) is 27.3 Å². The first-order valence-corrected chi connectivity index (χ1v) is 9.83. The zero-order valence-corrected chi connectivity index (χ0v) is 17.2. The number of aliphatic hydroxyl groups is 2. The van der Waals surface area contributed by atoms with Crippen molar-refractivity contribution in [3.8, 4) is 5.69 Å². The van der Waals surface area contributed by atoms with Crippen molar-refractivity contribution >= 4 is 22.6 Å². The van der Waals surface area contributed by atoms with Crippen LogP contribution >= 0.6 is 0 Å². The number of imidazole rings is 1. The van der Waals surface area contributed by atoms with Crippen LogP contribution in [0.5, 0.6) is 0 Å². The number of hydrogen-bond acceptors (Lipinski definition) is 4. The maximum Gasteiger partial charge on any atom is 0.450 e. The Bertz CT molecular complexity index is 1380. The van der Waals surface area contributed by atoms with E-state index >= 15 is 0 Å². The highest BCUT2D eigenvalue weighted by Gasteiger charge is 2.38. The van der Waals surface area contributed by atoms with Crippen molar-refractivity contribution in [1.29, 1.82) is 0 Å². The van der Waals surface area contributed by atoms with Crippen LogP contribution in [-0.4, -0.2) is 25.7 Å². The summed E-state index contributed by atoms with van der Waals surface area (Å²) in [4.78, 5) is 15.9. The normalized spacial score (nSPS) is 11.7. The molecule has 34 heavy (non-hydrogen) atoms. The average Bonchev–Trinajstić information content (AvgIpc) is 3.19. The Hall–Kier alpha value is -3.83. The fourth-order valence-electron chi connectivity index (χ4n) is 3.53. The highest BCUT2D eigenvalue weighted by atomic mass is 19.4. The van der Waals surface area contributed by atoms with Crippen molar-refractivity contribution in [2.24, 2.45) is 0 Å². The Morgan fingerprint density at radius 1 is 0.971 bits per heavy atom. The molecule has 0 saturated heterocycles. The number of nitrogens with one attached hydrogen (secondary N) is 1. The minimum Gasteiger partial charge on any atom is -0.392 e. The number of hydrogen-bond donors (Lipinski definition) is 3. The summed E-state index contributed by atoms with van der Waals surface area (Å²) >= 11 is 0. The molecular weight excluding hydrogens is 461 g/mol. The van der Waals surface area contributed by atoms with E-state index in [4.69, 9.17) is 0 Å². The number of anilines is 1. The van der Waals surface area contributed by atoms with Crippen molar-refractivity contribution in [3.05, 3.63) is 88.7 Å². The SMILES string of the molecule is O=C(Nc1ccc(-n2c(C(F)(F)F)nc3cc(CO)c(CO)cc32)cc1)c1cccc(F)c1F. The van der Waals surface area contributed by atoms with Gasteiger partial charge < -0.3 is 15.5 Å². The number of benzene rings is 3. The van der Waals surface area contributed by atoms with E-state index in [0.717, 1.165) is 16.7 Å². The number of nitrogens with zero attached hydrogens (tertiary/aromatic N) is 2. The van der Waals surface area contributed by atoms with E-state index in [-0.39, 0.29) is 33.5 Å². The van der Waals surface area contributed by atoms with Crippen LogP contribution < -0.4 is 5.32 Å². The van der Waals surface area contributed by atoms with Gasteiger partial charge >= 0.3 is 6.18 Å². The summed E-state index contributed by atoms with van der Waals surface area (Å²) in [5.74, 6) is -4.67. The standard InChI is InChI=1S/C23H16F5N3O3/c24-17-3-1-2-16(20(17)25)21(34)29-14-4-6-15(7-5-14)31-19-9-13(11-33)12(10-32)8-18(19)30-22(31)23(26,27)28/h1-9,32-33H,10-11H2,(H,29,34). The smallest absolute Gasteiger partial charge is 0.392 e. The number of fused-ring (bicyclic) bond motifs is 1. The third-order valence-electron chi connectivity index (χ3n) is 5.15. The second-order valence-electron chi connectivity index (χ2n) is 7.30. The molecule has 1 aromatic heterocycles. The van der Waals surface area contributed by atoms with Crippen LogP contribution in [0.15, 0.2) is 54.6 Å². The molecule has 0 radical (unpaired) electrons. The fraction of sp³-hybridized carbons (Fsp3) is 0.130. The van der Waals surface area contributed by atoms with Gasteiger partial charge in [-0.05, 0) is 59.7 Å². The Morgan fingerprint density at radius 2 is 1.62 bits per heavy atom. The fourth-order valence-corrected chi connectivity index (χ4v) is 3.53. The monoisotopic (exact) mass is 477 g/mol. The lowest BCUT2D eigenvalue weighted by Gasteiger charge is -2.13. The number of rotatable bonds is 5. The molecule has 0 aliphatic rings. The summed E-state index contributed by atoms with van der Waals surface area (Å²) in [6.45, 7) is -0.986. The van der Waals surface area contributed by atoms with Gasteiger partial charge in [-0.2, -0.15) is 13.2 Å². The first kappa shape index (κ1) is 23.3. The molecular formula is C23H16F5N3O3. The molecule has 6 nitrogen and oxygen atoms in total. The largest absolute Gasteiger partial charge is 0.450 e. The number of aliphatic hydroxyl groups excluding tert-OH is 2. The van der Waals surface area contributed by atoms with Gasteiger partial charge in [0.05, 0.1) is 29.8 Å². The predicted molar refractivity (Wildman–Crippen MR) is 112 cm³/mol. The Kier molecular flexibility index (Phi) is 6.07. The maximum atomic E-state index is 13.8. The molecule has 0 aliphatic carbocycles. The molecule has 0 spiro atoms. The first-order valence-electron chi connectivity index (χ1n) is 9.83. The van der Waals surface area contributed by atoms with Gasteiger partial charge in [-0.1, -0.05) is 6.07 Å². The number of carbonyl (C=O) groups is 1. The number of halogens is 5. The molecule has 1 amide bonds. The molecule has 1 heterocycles. The lowest BCUT2D eigenvalue weighted by atomic mass is 10.1. The quantitative estimate of drug-likeness (QED) is 0.368. The molecule has 3 N–H and O–H groups in total. The van der Waals surface area contributed by atoms with Crippen molar-refractivity contribution in [2.45, 2.75) is 19.4 Å². The summed E-state index contributed by atoms with van der Waals surface area (Å²) in [6.07, 6.45) is -4.82. The number of amides is 1. The molecule has 176 valence electrons. The minimum atomic E-state index is -4.82. The van der Waals surface area contributed by atoms with Crippen LogP contribution in [0.4, 0.5) is 27.6 Å². The van der Waals surface area contributed by atoms with Gasteiger partial charge in [-0.25, -0.2) is 13.8 Å². The number of carbonyl (C=O) groups excluding carboxylic acids is 1. The molecule has 0 aliphatic heterocycles. The molecule has 0 atom stereocenters. The lowest BCUT2D eigenvalue weighted by Crippen LogP contribution is -2.15. The van der Waals surface area contributed by atoms with Crippen molar-refractivity contribution in [3.63, 3.8) is 0 Å². The molecule has 3 aromatic carbocycles. The van der Waals surface area contributed by atoms with E-state index in [9.17, 15) is 37.0 Å². The summed E-state index contributed by atoms with van der Waals surface area (Å²) < 4.78 is 69.3. The summed E-state index contributed by atoms with van der Waals surface area (Å²) in [5.41, 5.74) is 0.154. The van der Waals surface area contributed by atoms with Gasteiger partial charge in [0.25, 0.3) is 5.91 Å². The van der Waals surface area contributed by atoms with E-state index < -0.39 is 48.3 Å². The summed E-state index contributed by atoms with van der Waals surface area (Å²) in [5, 5.41) is 21.3. The zero-order valence-electron chi connectivity index (χ0n) is 17.2. The van der Waals surface area contributed by atoms with Gasteiger partial charge in [-0.3, -0.25) is 9.36 Å². The highest BCUT2D eigenvalue weighted by molar-refractivity contribution is 6.04. The summed E-state index contributed by atoms with van der Waals surface area (Å²) in [6, 6.07) is 10.9. The molecule has 4 rings (SSSR count). The van der Waals surface area contributed by atoms with Gasteiger partial charge in [0, 0.05) is 11.4 Å². The zero-order chi connectivity index (χ0) is 24.6. The van der Waals surface area contributed by atoms with Crippen LogP contribution in [0, 0.1) is 11.6 Å². The van der Waals surface area contributed by atoms with Gasteiger partial charge in [0.1, 0.15) is 0 Å². The molecule has 0 saturated carbocycles. The van der Waals surface area contributed by atoms with Gasteiger partial charge in [0.2, 0.25) is 5.82 Å². The van der Waals surface area contributed by atoms with Crippen LogP contribution in [-0.2, 0) is 19.4 Å². The Morgan fingerprint density at radius 3 is 2.24 bits per heavy atom. The lowest BCUT2D eigenvalue weighted by molar-refractivity contribution is -0.145. The first-order chi connectivity index (χ1) is 16.1. The van der Waals surface area contributed by atoms with Crippen LogP contribution in [0.3, 0.4) is 0 Å². The average molecular weight is 477 g/mol. The topological polar surface area (TPSA) is 87.4 Å². The molecule has 0 bridgehead atoms. The third-order valence-corrected chi connectivity index (χ3v) is 5.15. The van der Waals surface area contributed by atoms with E-state index in [1.807, 2.05) is 0 Å². The predicted octanol–water partition coefficient (Wildman–Crippen LogP) is 4.56. The van der Waals surface area contributed by atoms with E-state index in [2.05, 4.69) is 10.3 Å². The third kappa shape index (κ3) is 4.22. The maximum absolute atomic E-state index is 13.8. The Balaban J connectivity index is 1.74. The molecule has 0 fully saturated rings. The number of alkyl halides is 3. The van der Waals surface area contributed by atoms with Crippen molar-refractivity contribution in [1.82, 2.24) is 9.55 Å². The van der Waals surface area contributed by atoms with Crippen molar-refractivity contribution < 1.29 is 37.0 Å². The van der Waals surface area contributed by atoms with Gasteiger partial charge in [0.15, 0.2) is 11.6 Å². The van der Waals surface area contributed by atoms with Crippen LogP contribution in [0.25, 0.3) is 16.7 Å². The number of aromatic nitrogens is 2. The van der Waals surface area contributed by atoms with Crippen LogP contribution in [0.2, 0.25) is 0 Å². The molecule has 0 unspecified atom stereocenters. The second-order valence-corrected chi connectivity index (χ2v) is 7.30. The molecule has 11 heteroatoms. The van der Waals surface area contributed by atoms with Gasteiger partial charge in [-0.15, -0.1) is 0 Å².